The van der Waals surface area contributed by atoms with Gasteiger partial charge in [0.05, 0.1) is 6.10 Å². The number of benzene rings is 1. The predicted octanol–water partition coefficient (Wildman–Crippen LogP) is -3.57. The van der Waals surface area contributed by atoms with E-state index in [1.807, 2.05) is 0 Å². The van der Waals surface area contributed by atoms with Crippen LogP contribution in [0.15, 0.2) is 29.3 Å². The zero-order valence-electron chi connectivity index (χ0n) is 16.6. The third-order valence-corrected chi connectivity index (χ3v) is 4.33. The predicted molar refractivity (Wildman–Crippen MR) is 92.0 cm³/mol. The summed E-state index contributed by atoms with van der Waals surface area (Å²) >= 11 is 0. The van der Waals surface area contributed by atoms with Crippen molar-refractivity contribution in [2.24, 2.45) is 4.99 Å². The van der Waals surface area contributed by atoms with E-state index in [-0.39, 0.29) is 77.2 Å². The van der Waals surface area contributed by atoms with Gasteiger partial charge in [0, 0.05) is 0 Å². The number of nitrogens with zero attached hydrogens (tertiary/aromatic N) is 1. The number of phosphoric ester groups is 1. The molecule has 10 heteroatoms. The molecule has 1 aromatic carbocycles. The van der Waals surface area contributed by atoms with E-state index in [0.717, 1.165) is 25.7 Å². The maximum absolute atomic E-state index is 12.1. The minimum Gasteiger partial charge on any atom is -0.872 e. The molecule has 0 radical (unpaired) electrons. The Hall–Kier alpha value is 0.600. The van der Waals surface area contributed by atoms with Crippen molar-refractivity contribution in [3.05, 3.63) is 29.8 Å². The van der Waals surface area contributed by atoms with Crippen LogP contribution in [-0.4, -0.2) is 21.8 Å². The molecule has 0 heterocycles. The molecule has 0 aliphatic heterocycles. The summed E-state index contributed by atoms with van der Waals surface area (Å²) in [7, 11) is -4.73. The van der Waals surface area contributed by atoms with Crippen LogP contribution in [0.2, 0.25) is 0 Å². The molecule has 7 nitrogen and oxygen atoms in total. The van der Waals surface area contributed by atoms with Gasteiger partial charge in [-0.2, -0.15) is 0 Å². The molecule has 1 aromatic rings. The Morgan fingerprint density at radius 1 is 1.22 bits per heavy atom. The van der Waals surface area contributed by atoms with Crippen molar-refractivity contribution in [3.8, 4) is 5.75 Å². The fourth-order valence-corrected chi connectivity index (χ4v) is 3.07. The van der Waals surface area contributed by atoms with Crippen molar-refractivity contribution in [1.29, 1.82) is 0 Å². The van der Waals surface area contributed by atoms with Crippen molar-refractivity contribution in [1.82, 2.24) is 0 Å². The van der Waals surface area contributed by atoms with Gasteiger partial charge in [-0.3, -0.25) is 9.52 Å². The smallest absolute Gasteiger partial charge is 0.872 e. The molecule has 142 valence electrons. The minimum absolute atomic E-state index is 0. The van der Waals surface area contributed by atoms with Crippen LogP contribution in [-0.2, 0) is 9.09 Å². The van der Waals surface area contributed by atoms with E-state index < -0.39 is 20.0 Å². The molecule has 0 bridgehead atoms. The fraction of sp³-hybridized carbons (Fsp3) is 0.588. The average Bonchev–Trinajstić information content (AvgIpc) is 2.50. The third-order valence-electron chi connectivity index (χ3n) is 3.73. The second kappa shape index (κ2) is 15.4. The number of aliphatic imine (C=N–C) groups is 1. The van der Waals surface area contributed by atoms with Gasteiger partial charge < -0.3 is 20.0 Å². The molecule has 0 unspecified atom stereocenters. The van der Waals surface area contributed by atoms with E-state index in [0.29, 0.717) is 12.0 Å². The van der Waals surface area contributed by atoms with E-state index in [1.165, 1.54) is 25.1 Å². The van der Waals surface area contributed by atoms with Gasteiger partial charge >= 0.3 is 66.9 Å². The molecule has 2 atom stereocenters. The number of unbranched alkanes of at least 4 members (excludes halogenated alkanes) is 4. The van der Waals surface area contributed by atoms with Gasteiger partial charge in [-0.1, -0.05) is 56.9 Å². The van der Waals surface area contributed by atoms with E-state index in [2.05, 4.69) is 16.4 Å². The van der Waals surface area contributed by atoms with Crippen molar-refractivity contribution >= 4 is 13.7 Å². The van der Waals surface area contributed by atoms with Gasteiger partial charge in [0.15, 0.2) is 0 Å². The average molecular weight is 417 g/mol. The summed E-state index contributed by atoms with van der Waals surface area (Å²) in [6, 6.07) is 4.81. The monoisotopic (exact) mass is 417 g/mol. The van der Waals surface area contributed by atoms with E-state index in [9.17, 15) is 14.8 Å². The van der Waals surface area contributed by atoms with E-state index in [4.69, 9.17) is 9.79 Å². The molecular formula is C17H26NNa2O6P. The first-order valence-corrected chi connectivity index (χ1v) is 10.0. The number of hydrogen-bond acceptors (Lipinski definition) is 5. The van der Waals surface area contributed by atoms with Gasteiger partial charge in [-0.05, 0) is 31.2 Å². The van der Waals surface area contributed by atoms with E-state index >= 15 is 0 Å². The van der Waals surface area contributed by atoms with Gasteiger partial charge in [0.2, 0.25) is 0 Å². The molecule has 0 aliphatic carbocycles. The summed E-state index contributed by atoms with van der Waals surface area (Å²) < 4.78 is 15.8. The molecule has 0 spiro atoms. The molecule has 0 saturated carbocycles. The summed E-state index contributed by atoms with van der Waals surface area (Å²) in [5, 5.41) is 23.7. The second-order valence-corrected chi connectivity index (χ2v) is 7.20. The standard InChI is InChI=1S/C17H28NO6P.2Na/c1-3-4-5-6-7-11-16(20)18-17(13(2)24-25(21,22)23)14-9-8-10-15(19)12-14;;/h8-10,12-13,17,19H,3-7,11H2,1-2H3,(H,18,20)(H2,21,22,23);;/q;2*+1/p-2/t13-,17-;;/m0../s1. The van der Waals surface area contributed by atoms with Crippen LogP contribution in [0.4, 0.5) is 0 Å². The number of rotatable bonds is 11. The van der Waals surface area contributed by atoms with Crippen molar-refractivity contribution in [2.45, 2.75) is 64.5 Å². The van der Waals surface area contributed by atoms with Crippen LogP contribution in [0, 0.1) is 0 Å². The maximum atomic E-state index is 12.1. The van der Waals surface area contributed by atoms with Crippen LogP contribution in [0.5, 0.6) is 5.75 Å². The van der Waals surface area contributed by atoms with Crippen LogP contribution in [0.3, 0.4) is 0 Å². The Bertz CT molecular complexity index is 611. The molecule has 0 aliphatic rings. The Morgan fingerprint density at radius 2 is 1.85 bits per heavy atom. The molecule has 1 rings (SSSR count). The fourth-order valence-electron chi connectivity index (χ4n) is 2.52. The molecular weight excluding hydrogens is 391 g/mol. The number of phosphoric acid groups is 1. The summed E-state index contributed by atoms with van der Waals surface area (Å²) in [5.41, 5.74) is 0.396. The molecule has 0 fully saturated rings. The SMILES string of the molecule is CCCCCCCC([O-])=N[C@H](c1cccc([O-])c1)[C@H](C)OP(=O)(O)O.[Na+].[Na+]. The first-order chi connectivity index (χ1) is 11.7. The molecule has 27 heavy (non-hydrogen) atoms. The van der Waals surface area contributed by atoms with Crippen molar-refractivity contribution in [3.63, 3.8) is 0 Å². The van der Waals surface area contributed by atoms with Gasteiger partial charge in [0.25, 0.3) is 0 Å². The van der Waals surface area contributed by atoms with Gasteiger partial charge in [-0.15, -0.1) is 5.75 Å². The first-order valence-electron chi connectivity index (χ1n) is 8.47. The zero-order valence-corrected chi connectivity index (χ0v) is 21.5. The molecule has 0 aromatic heterocycles. The summed E-state index contributed by atoms with van der Waals surface area (Å²) in [6.07, 6.45) is 4.16. The van der Waals surface area contributed by atoms with Crippen molar-refractivity contribution in [2.75, 3.05) is 0 Å². The zero-order chi connectivity index (χ0) is 18.9. The maximum Gasteiger partial charge on any atom is 1.00 e. The quantitative estimate of drug-likeness (QED) is 0.126. The Kier molecular flexibility index (Phi) is 17.0. The second-order valence-electron chi connectivity index (χ2n) is 6.01. The van der Waals surface area contributed by atoms with Crippen LogP contribution in [0.25, 0.3) is 0 Å². The Morgan fingerprint density at radius 3 is 2.41 bits per heavy atom. The summed E-state index contributed by atoms with van der Waals surface area (Å²) in [5.74, 6) is -0.632. The molecule has 0 amide bonds. The largest absolute Gasteiger partial charge is 1.00 e. The topological polar surface area (TPSA) is 125 Å². The summed E-state index contributed by atoms with van der Waals surface area (Å²) in [4.78, 5) is 22.0. The molecule has 0 saturated heterocycles. The Labute approximate surface area is 205 Å². The van der Waals surface area contributed by atoms with Crippen LogP contribution < -0.4 is 69.3 Å². The molecule has 2 N–H and O–H groups in total. The van der Waals surface area contributed by atoms with Crippen LogP contribution >= 0.6 is 7.82 Å². The summed E-state index contributed by atoms with van der Waals surface area (Å²) in [6.45, 7) is 3.52. The van der Waals surface area contributed by atoms with Gasteiger partial charge in [0.1, 0.15) is 6.04 Å². The van der Waals surface area contributed by atoms with Crippen LogP contribution in [0.1, 0.15) is 64.0 Å². The van der Waals surface area contributed by atoms with Crippen molar-refractivity contribution < 1.29 is 88.2 Å². The van der Waals surface area contributed by atoms with Gasteiger partial charge in [-0.25, -0.2) is 4.57 Å². The number of hydrogen-bond donors (Lipinski definition) is 2. The third kappa shape index (κ3) is 13.4. The Balaban J connectivity index is 0. The normalized spacial score (nSPS) is 14.0. The minimum atomic E-state index is -4.73. The van der Waals surface area contributed by atoms with E-state index in [1.54, 1.807) is 6.07 Å². The first kappa shape index (κ1) is 29.8.